The van der Waals surface area contributed by atoms with Crippen LogP contribution in [0.1, 0.15) is 16.8 Å². The van der Waals surface area contributed by atoms with Gasteiger partial charge in [-0.2, -0.15) is 0 Å². The number of rotatable bonds is 6. The zero-order valence-electron chi connectivity index (χ0n) is 15.3. The van der Waals surface area contributed by atoms with E-state index in [2.05, 4.69) is 15.2 Å². The van der Waals surface area contributed by atoms with Crippen LogP contribution < -0.4 is 15.4 Å². The minimum absolute atomic E-state index is 0.279. The molecule has 0 fully saturated rings. The number of anilines is 1. The molecule has 0 unspecified atom stereocenters. The molecule has 3 aromatic rings. The molecule has 1 aromatic heterocycles. The van der Waals surface area contributed by atoms with Gasteiger partial charge in [0.25, 0.3) is 0 Å². The fraction of sp³-hybridized carbons (Fsp3) is 0.190. The van der Waals surface area contributed by atoms with Crippen LogP contribution in [0.3, 0.4) is 0 Å². The van der Waals surface area contributed by atoms with Crippen molar-refractivity contribution in [1.29, 1.82) is 0 Å². The van der Waals surface area contributed by atoms with Gasteiger partial charge in [-0.25, -0.2) is 4.79 Å². The number of methoxy groups -OCH3 is 1. The third-order valence-electron chi connectivity index (χ3n) is 4.22. The number of aryl methyl sites for hydroxylation is 1. The van der Waals surface area contributed by atoms with E-state index < -0.39 is 0 Å². The minimum Gasteiger partial charge on any atom is -0.495 e. The van der Waals surface area contributed by atoms with Gasteiger partial charge in [-0.3, -0.25) is 0 Å². The summed E-state index contributed by atoms with van der Waals surface area (Å²) in [5, 5.41) is 6.45. The lowest BCUT2D eigenvalue weighted by Gasteiger charge is -2.13. The number of benzene rings is 2. The lowest BCUT2D eigenvalue weighted by atomic mass is 10.2. The fourth-order valence-corrected chi connectivity index (χ4v) is 2.93. The van der Waals surface area contributed by atoms with Crippen molar-refractivity contribution < 1.29 is 9.53 Å². The molecule has 0 saturated carbocycles. The molecule has 2 N–H and O–H groups in total. The predicted molar refractivity (Wildman–Crippen MR) is 109 cm³/mol. The highest BCUT2D eigenvalue weighted by Crippen LogP contribution is 2.25. The number of urea groups is 1. The average Bonchev–Trinajstić information content (AvgIpc) is 3.09. The second-order valence-electron chi connectivity index (χ2n) is 6.27. The predicted octanol–water partition coefficient (Wildman–Crippen LogP) is 4.83. The van der Waals surface area contributed by atoms with Gasteiger partial charge in [0.1, 0.15) is 5.75 Å². The van der Waals surface area contributed by atoms with Crippen molar-refractivity contribution in [2.24, 2.45) is 0 Å². The Bertz CT molecular complexity index is 919. The first-order valence-electron chi connectivity index (χ1n) is 8.63. The van der Waals surface area contributed by atoms with Crippen molar-refractivity contribution in [3.05, 3.63) is 82.6 Å². The van der Waals surface area contributed by atoms with E-state index in [1.807, 2.05) is 67.7 Å². The van der Waals surface area contributed by atoms with E-state index in [-0.39, 0.29) is 6.03 Å². The fourth-order valence-electron chi connectivity index (χ4n) is 2.81. The lowest BCUT2D eigenvalue weighted by Crippen LogP contribution is -2.29. The third-order valence-corrected chi connectivity index (χ3v) is 4.47. The number of hydrogen-bond donors (Lipinski definition) is 2. The summed E-state index contributed by atoms with van der Waals surface area (Å²) >= 11 is 5.94. The largest absolute Gasteiger partial charge is 0.495 e. The molecule has 0 spiro atoms. The quantitative estimate of drug-likeness (QED) is 0.640. The van der Waals surface area contributed by atoms with Crippen LogP contribution >= 0.6 is 11.6 Å². The van der Waals surface area contributed by atoms with E-state index in [0.717, 1.165) is 21.8 Å². The Morgan fingerprint density at radius 2 is 1.93 bits per heavy atom. The number of nitrogens with one attached hydrogen (secondary N) is 2. The molecular formula is C21H22ClN3O2. The van der Waals surface area contributed by atoms with Crippen molar-refractivity contribution in [3.8, 4) is 5.75 Å². The number of nitrogens with zero attached hydrogens (tertiary/aromatic N) is 1. The Morgan fingerprint density at radius 1 is 1.15 bits per heavy atom. The zero-order valence-corrected chi connectivity index (χ0v) is 16.1. The maximum absolute atomic E-state index is 12.3. The molecule has 1 heterocycles. The van der Waals surface area contributed by atoms with Crippen LogP contribution in [0.25, 0.3) is 0 Å². The maximum atomic E-state index is 12.3. The van der Waals surface area contributed by atoms with Crippen LogP contribution in [0, 0.1) is 6.92 Å². The third kappa shape index (κ3) is 5.05. The Balaban J connectivity index is 1.61. The monoisotopic (exact) mass is 383 g/mol. The Hall–Kier alpha value is -2.92. The van der Waals surface area contributed by atoms with Crippen molar-refractivity contribution in [2.45, 2.75) is 20.0 Å². The molecule has 0 aliphatic heterocycles. The summed E-state index contributed by atoms with van der Waals surface area (Å²) in [4.78, 5) is 12.3. The smallest absolute Gasteiger partial charge is 0.319 e. The molecular weight excluding hydrogens is 362 g/mol. The molecule has 0 saturated heterocycles. The van der Waals surface area contributed by atoms with Gasteiger partial charge in [-0.15, -0.1) is 0 Å². The van der Waals surface area contributed by atoms with E-state index in [1.54, 1.807) is 7.11 Å². The number of aromatic nitrogens is 1. The van der Waals surface area contributed by atoms with Crippen molar-refractivity contribution in [1.82, 2.24) is 9.88 Å². The average molecular weight is 384 g/mol. The molecule has 0 aliphatic carbocycles. The van der Waals surface area contributed by atoms with Crippen LogP contribution in [0.5, 0.6) is 5.75 Å². The molecule has 140 valence electrons. The van der Waals surface area contributed by atoms with Gasteiger partial charge in [-0.1, -0.05) is 29.8 Å². The number of halogens is 1. The van der Waals surface area contributed by atoms with Crippen LogP contribution in [0.2, 0.25) is 5.02 Å². The van der Waals surface area contributed by atoms with Crippen molar-refractivity contribution >= 4 is 23.3 Å². The maximum Gasteiger partial charge on any atom is 0.319 e. The molecule has 6 heteroatoms. The Labute approximate surface area is 163 Å². The Kier molecular flexibility index (Phi) is 6.04. The number of amides is 2. The molecule has 2 amide bonds. The summed E-state index contributed by atoms with van der Waals surface area (Å²) in [6.45, 7) is 3.10. The molecule has 5 nitrogen and oxygen atoms in total. The van der Waals surface area contributed by atoms with E-state index >= 15 is 0 Å². The second kappa shape index (κ2) is 8.64. The van der Waals surface area contributed by atoms with Crippen LogP contribution in [-0.4, -0.2) is 17.7 Å². The summed E-state index contributed by atoms with van der Waals surface area (Å²) < 4.78 is 7.38. The topological polar surface area (TPSA) is 55.3 Å². The molecule has 2 aromatic carbocycles. The summed E-state index contributed by atoms with van der Waals surface area (Å²) in [5.74, 6) is 0.627. The summed E-state index contributed by atoms with van der Waals surface area (Å²) in [6, 6.07) is 17.1. The van der Waals surface area contributed by atoms with Gasteiger partial charge in [0.15, 0.2) is 0 Å². The first kappa shape index (κ1) is 18.9. The van der Waals surface area contributed by atoms with E-state index in [1.165, 1.54) is 0 Å². The summed E-state index contributed by atoms with van der Waals surface area (Å²) in [6.07, 6.45) is 1.99. The highest BCUT2D eigenvalue weighted by atomic mass is 35.5. The van der Waals surface area contributed by atoms with Crippen molar-refractivity contribution in [2.75, 3.05) is 12.4 Å². The van der Waals surface area contributed by atoms with Gasteiger partial charge < -0.3 is 19.9 Å². The van der Waals surface area contributed by atoms with Crippen LogP contribution in [0.4, 0.5) is 10.5 Å². The summed E-state index contributed by atoms with van der Waals surface area (Å²) in [5.41, 5.74) is 3.84. The molecule has 27 heavy (non-hydrogen) atoms. The highest BCUT2D eigenvalue weighted by Gasteiger charge is 2.09. The Morgan fingerprint density at radius 3 is 2.67 bits per heavy atom. The first-order valence-corrected chi connectivity index (χ1v) is 9.01. The molecule has 0 bridgehead atoms. The minimum atomic E-state index is -0.279. The number of carbonyl (C=O) groups excluding carboxylic acids is 1. The standard InChI is InChI=1S/C21H22ClN3O2/c1-15-5-10-20(27-2)19(12-15)24-21(26)23-13-18-4-3-11-25(18)14-16-6-8-17(22)9-7-16/h3-12H,13-14H2,1-2H3,(H2,23,24,26). The molecule has 0 aliphatic rings. The van der Waals surface area contributed by atoms with E-state index in [0.29, 0.717) is 24.5 Å². The second-order valence-corrected chi connectivity index (χ2v) is 6.70. The zero-order chi connectivity index (χ0) is 19.2. The van der Waals surface area contributed by atoms with Gasteiger partial charge in [0, 0.05) is 23.5 Å². The number of ether oxygens (including phenoxy) is 1. The van der Waals surface area contributed by atoms with E-state index in [4.69, 9.17) is 16.3 Å². The van der Waals surface area contributed by atoms with Crippen LogP contribution in [0.15, 0.2) is 60.8 Å². The first-order chi connectivity index (χ1) is 13.0. The molecule has 0 radical (unpaired) electrons. The van der Waals surface area contributed by atoms with E-state index in [9.17, 15) is 4.79 Å². The number of hydrogen-bond acceptors (Lipinski definition) is 2. The van der Waals surface area contributed by atoms with Crippen LogP contribution in [-0.2, 0) is 13.1 Å². The SMILES string of the molecule is COc1ccc(C)cc1NC(=O)NCc1cccn1Cc1ccc(Cl)cc1. The van der Waals surface area contributed by atoms with Gasteiger partial charge in [-0.05, 0) is 54.4 Å². The van der Waals surface area contributed by atoms with Gasteiger partial charge >= 0.3 is 6.03 Å². The highest BCUT2D eigenvalue weighted by molar-refractivity contribution is 6.30. The summed E-state index contributed by atoms with van der Waals surface area (Å²) in [7, 11) is 1.58. The lowest BCUT2D eigenvalue weighted by molar-refractivity contribution is 0.251. The number of carbonyl (C=O) groups is 1. The van der Waals surface area contributed by atoms with Gasteiger partial charge in [0.2, 0.25) is 0 Å². The van der Waals surface area contributed by atoms with Gasteiger partial charge in [0.05, 0.1) is 19.3 Å². The molecule has 3 rings (SSSR count). The van der Waals surface area contributed by atoms with Crippen molar-refractivity contribution in [3.63, 3.8) is 0 Å². The normalized spacial score (nSPS) is 10.5. The molecule has 0 atom stereocenters.